The van der Waals surface area contributed by atoms with Gasteiger partial charge < -0.3 is 10.6 Å². The molecule has 0 spiro atoms. The van der Waals surface area contributed by atoms with Crippen LogP contribution in [0, 0.1) is 5.92 Å². The predicted molar refractivity (Wildman–Crippen MR) is 98.1 cm³/mol. The Morgan fingerprint density at radius 2 is 1.83 bits per heavy atom. The van der Waals surface area contributed by atoms with Crippen LogP contribution in [0.15, 0.2) is 55.3 Å². The number of hydrogen-bond donors (Lipinski definition) is 2. The zero-order valence-electron chi connectivity index (χ0n) is 14.6. The largest absolute Gasteiger partial charge is 0.381 e. The maximum absolute atomic E-state index is 12.3. The lowest BCUT2D eigenvalue weighted by Gasteiger charge is -2.25. The molecule has 1 aromatic carbocycles. The molecule has 2 atom stereocenters. The van der Waals surface area contributed by atoms with Crippen LogP contribution in [-0.4, -0.2) is 18.0 Å². The lowest BCUT2D eigenvalue weighted by atomic mass is 10.0. The first-order valence-corrected chi connectivity index (χ1v) is 8.33. The van der Waals surface area contributed by atoms with Crippen LogP contribution >= 0.6 is 0 Å². The standard InChI is InChI=1S/C20H30N2O/c1-6-16(4)21-17(5)19(14-15(2)3)22-20(23)13-12-18-10-8-7-9-11-18/h6-11,15-16,19,21H,1,5,12-14H2,2-4H3,(H,22,23)/t16?,19-/m0/s1. The van der Waals surface area contributed by atoms with Crippen LogP contribution < -0.4 is 10.6 Å². The molecule has 0 fully saturated rings. The van der Waals surface area contributed by atoms with Gasteiger partial charge in [0.25, 0.3) is 0 Å². The third-order valence-corrected chi connectivity index (χ3v) is 3.71. The normalized spacial score (nSPS) is 13.2. The van der Waals surface area contributed by atoms with Crippen LogP contribution in [0.4, 0.5) is 0 Å². The highest BCUT2D eigenvalue weighted by Crippen LogP contribution is 2.11. The SMILES string of the molecule is C=CC(C)NC(=C)[C@H](CC(C)C)NC(=O)CCc1ccccc1. The zero-order chi connectivity index (χ0) is 17.2. The molecule has 0 aliphatic carbocycles. The van der Waals surface area contributed by atoms with Crippen LogP contribution in [0.25, 0.3) is 0 Å². The summed E-state index contributed by atoms with van der Waals surface area (Å²) in [4.78, 5) is 12.3. The van der Waals surface area contributed by atoms with E-state index in [0.717, 1.165) is 18.5 Å². The van der Waals surface area contributed by atoms with Crippen molar-refractivity contribution in [1.29, 1.82) is 0 Å². The van der Waals surface area contributed by atoms with Crippen molar-refractivity contribution in [1.82, 2.24) is 10.6 Å². The van der Waals surface area contributed by atoms with Gasteiger partial charge in [-0.25, -0.2) is 0 Å². The topological polar surface area (TPSA) is 41.1 Å². The number of aryl methyl sites for hydroxylation is 1. The van der Waals surface area contributed by atoms with Crippen molar-refractivity contribution in [3.05, 3.63) is 60.8 Å². The first-order valence-electron chi connectivity index (χ1n) is 8.33. The molecule has 1 rings (SSSR count). The van der Waals surface area contributed by atoms with E-state index in [0.29, 0.717) is 12.3 Å². The van der Waals surface area contributed by atoms with Crippen molar-refractivity contribution in [3.63, 3.8) is 0 Å². The molecule has 0 heterocycles. The fourth-order valence-corrected chi connectivity index (χ4v) is 2.38. The summed E-state index contributed by atoms with van der Waals surface area (Å²) in [7, 11) is 0. The van der Waals surface area contributed by atoms with E-state index < -0.39 is 0 Å². The molecule has 2 N–H and O–H groups in total. The number of carbonyl (C=O) groups is 1. The maximum atomic E-state index is 12.3. The van der Waals surface area contributed by atoms with Gasteiger partial charge in [-0.1, -0.05) is 56.8 Å². The summed E-state index contributed by atoms with van der Waals surface area (Å²) >= 11 is 0. The quantitative estimate of drug-likeness (QED) is 0.645. The van der Waals surface area contributed by atoms with Gasteiger partial charge in [-0.2, -0.15) is 0 Å². The van der Waals surface area contributed by atoms with Crippen molar-refractivity contribution < 1.29 is 4.79 Å². The second kappa shape index (κ2) is 9.88. The Labute approximate surface area is 140 Å². The summed E-state index contributed by atoms with van der Waals surface area (Å²) in [6, 6.07) is 10.2. The van der Waals surface area contributed by atoms with Gasteiger partial charge in [0, 0.05) is 18.2 Å². The first kappa shape index (κ1) is 19.0. The number of nitrogens with one attached hydrogen (secondary N) is 2. The number of amides is 1. The molecule has 0 saturated carbocycles. The molecule has 0 aliphatic heterocycles. The first-order chi connectivity index (χ1) is 10.9. The summed E-state index contributed by atoms with van der Waals surface area (Å²) < 4.78 is 0. The van der Waals surface area contributed by atoms with Crippen LogP contribution in [0.3, 0.4) is 0 Å². The van der Waals surface area contributed by atoms with Crippen molar-refractivity contribution in [2.45, 2.75) is 52.1 Å². The van der Waals surface area contributed by atoms with Gasteiger partial charge in [0.1, 0.15) is 0 Å². The van der Waals surface area contributed by atoms with E-state index in [1.165, 1.54) is 5.56 Å². The fraction of sp³-hybridized carbons (Fsp3) is 0.450. The fourth-order valence-electron chi connectivity index (χ4n) is 2.38. The lowest BCUT2D eigenvalue weighted by molar-refractivity contribution is -0.121. The Kier molecular flexibility index (Phi) is 8.17. The highest BCUT2D eigenvalue weighted by Gasteiger charge is 2.17. The minimum absolute atomic E-state index is 0.0549. The van der Waals surface area contributed by atoms with Gasteiger partial charge in [0.2, 0.25) is 5.91 Å². The molecule has 1 aromatic rings. The Balaban J connectivity index is 2.56. The Hall–Kier alpha value is -2.03. The van der Waals surface area contributed by atoms with E-state index in [9.17, 15) is 4.79 Å². The molecule has 0 aromatic heterocycles. The van der Waals surface area contributed by atoms with E-state index in [-0.39, 0.29) is 18.0 Å². The molecular formula is C20H30N2O. The van der Waals surface area contributed by atoms with Crippen LogP contribution in [0.2, 0.25) is 0 Å². The third kappa shape index (κ3) is 7.68. The summed E-state index contributed by atoms with van der Waals surface area (Å²) in [5.74, 6) is 0.542. The molecule has 0 bridgehead atoms. The Morgan fingerprint density at radius 1 is 1.17 bits per heavy atom. The van der Waals surface area contributed by atoms with Crippen molar-refractivity contribution in [3.8, 4) is 0 Å². The molecule has 1 unspecified atom stereocenters. The molecule has 0 radical (unpaired) electrons. The highest BCUT2D eigenvalue weighted by molar-refractivity contribution is 5.76. The van der Waals surface area contributed by atoms with Gasteiger partial charge in [-0.15, -0.1) is 6.58 Å². The lowest BCUT2D eigenvalue weighted by Crippen LogP contribution is -2.42. The van der Waals surface area contributed by atoms with E-state index in [4.69, 9.17) is 0 Å². The van der Waals surface area contributed by atoms with E-state index in [1.807, 2.05) is 43.3 Å². The number of carbonyl (C=O) groups excluding carboxylic acids is 1. The second-order valence-corrected chi connectivity index (χ2v) is 6.43. The zero-order valence-corrected chi connectivity index (χ0v) is 14.6. The van der Waals surface area contributed by atoms with Gasteiger partial charge in [-0.05, 0) is 31.2 Å². The van der Waals surface area contributed by atoms with Gasteiger partial charge in [-0.3, -0.25) is 4.79 Å². The number of hydrogen-bond acceptors (Lipinski definition) is 2. The molecule has 0 aliphatic rings. The highest BCUT2D eigenvalue weighted by atomic mass is 16.1. The van der Waals surface area contributed by atoms with Crippen LogP contribution in [0.5, 0.6) is 0 Å². The third-order valence-electron chi connectivity index (χ3n) is 3.71. The summed E-state index contributed by atoms with van der Waals surface area (Å²) in [6.07, 6.45) is 3.94. The Bertz CT molecular complexity index is 508. The summed E-state index contributed by atoms with van der Waals surface area (Å²) in [5, 5.41) is 6.40. The van der Waals surface area contributed by atoms with Crippen LogP contribution in [-0.2, 0) is 11.2 Å². The minimum atomic E-state index is -0.0549. The molecule has 1 amide bonds. The summed E-state index contributed by atoms with van der Waals surface area (Å²) in [5.41, 5.74) is 2.03. The number of benzene rings is 1. The smallest absolute Gasteiger partial charge is 0.220 e. The van der Waals surface area contributed by atoms with Crippen molar-refractivity contribution in [2.75, 3.05) is 0 Å². The van der Waals surface area contributed by atoms with Gasteiger partial charge in [0.15, 0.2) is 0 Å². The van der Waals surface area contributed by atoms with Crippen molar-refractivity contribution >= 4 is 5.91 Å². The average Bonchev–Trinajstić information content (AvgIpc) is 2.52. The molecule has 3 heteroatoms. The maximum Gasteiger partial charge on any atom is 0.220 e. The van der Waals surface area contributed by atoms with E-state index in [1.54, 1.807) is 0 Å². The Morgan fingerprint density at radius 3 is 2.39 bits per heavy atom. The minimum Gasteiger partial charge on any atom is -0.381 e. The predicted octanol–water partition coefficient (Wildman–Crippen LogP) is 3.83. The van der Waals surface area contributed by atoms with E-state index >= 15 is 0 Å². The van der Waals surface area contributed by atoms with E-state index in [2.05, 4.69) is 37.6 Å². The second-order valence-electron chi connectivity index (χ2n) is 6.43. The number of rotatable bonds is 10. The van der Waals surface area contributed by atoms with Gasteiger partial charge >= 0.3 is 0 Å². The van der Waals surface area contributed by atoms with Crippen LogP contribution in [0.1, 0.15) is 39.2 Å². The molecule has 3 nitrogen and oxygen atoms in total. The monoisotopic (exact) mass is 314 g/mol. The van der Waals surface area contributed by atoms with Gasteiger partial charge in [0.05, 0.1) is 6.04 Å². The summed E-state index contributed by atoms with van der Waals surface area (Å²) in [6.45, 7) is 14.2. The molecule has 23 heavy (non-hydrogen) atoms. The average molecular weight is 314 g/mol. The molecular weight excluding hydrogens is 284 g/mol. The molecule has 0 saturated heterocycles. The van der Waals surface area contributed by atoms with Crippen molar-refractivity contribution in [2.24, 2.45) is 5.92 Å². The molecule has 126 valence electrons.